The summed E-state index contributed by atoms with van der Waals surface area (Å²) in [5.41, 5.74) is 3.13. The van der Waals surface area contributed by atoms with Crippen molar-refractivity contribution >= 4 is 28.0 Å². The maximum atomic E-state index is 13.2. The van der Waals surface area contributed by atoms with E-state index in [4.69, 9.17) is 4.74 Å². The Morgan fingerprint density at radius 3 is 2.15 bits per heavy atom. The quantitative estimate of drug-likeness (QED) is 0.378. The number of hydrogen-bond donors (Lipinski definition) is 2. The number of halogens is 4. The number of benzene rings is 3. The number of carbonyl (C=O) groups excluding carboxylic acids is 1. The Labute approximate surface area is 201 Å². The first-order valence-electron chi connectivity index (χ1n) is 10.3. The Bertz CT molecular complexity index is 1200. The van der Waals surface area contributed by atoms with E-state index >= 15 is 0 Å². The van der Waals surface area contributed by atoms with Crippen LogP contribution in [0.3, 0.4) is 0 Å². The molecule has 4 rings (SSSR count). The van der Waals surface area contributed by atoms with Gasteiger partial charge in [0.2, 0.25) is 0 Å². The second-order valence-corrected chi connectivity index (χ2v) is 8.81. The van der Waals surface area contributed by atoms with E-state index in [2.05, 4.69) is 21.2 Å². The number of fused-ring (bicyclic) bond motifs is 3. The Morgan fingerprint density at radius 1 is 1.00 bits per heavy atom. The zero-order valence-electron chi connectivity index (χ0n) is 17.6. The lowest BCUT2D eigenvalue weighted by Gasteiger charge is -2.20. The lowest BCUT2D eigenvalue weighted by Crippen LogP contribution is -2.32. The van der Waals surface area contributed by atoms with Gasteiger partial charge in [-0.1, -0.05) is 64.5 Å². The summed E-state index contributed by atoms with van der Waals surface area (Å²) < 4.78 is 45.2. The van der Waals surface area contributed by atoms with Gasteiger partial charge in [-0.3, -0.25) is 4.79 Å². The van der Waals surface area contributed by atoms with Crippen LogP contribution in [0.4, 0.5) is 18.0 Å². The fraction of sp³-hybridized carbons (Fsp3) is 0.200. The van der Waals surface area contributed by atoms with Crippen molar-refractivity contribution in [1.29, 1.82) is 0 Å². The summed E-state index contributed by atoms with van der Waals surface area (Å²) >= 11 is 3.02. The Hall–Kier alpha value is -3.33. The molecule has 0 aliphatic heterocycles. The third-order valence-corrected chi connectivity index (χ3v) is 6.12. The first-order valence-corrected chi connectivity index (χ1v) is 11.1. The zero-order valence-corrected chi connectivity index (χ0v) is 19.2. The highest BCUT2D eigenvalue weighted by Crippen LogP contribution is 2.44. The van der Waals surface area contributed by atoms with Crippen LogP contribution in [0.1, 0.15) is 40.6 Å². The van der Waals surface area contributed by atoms with Gasteiger partial charge in [-0.2, -0.15) is 13.2 Å². The van der Waals surface area contributed by atoms with E-state index in [9.17, 15) is 27.9 Å². The van der Waals surface area contributed by atoms with Gasteiger partial charge >= 0.3 is 18.2 Å². The van der Waals surface area contributed by atoms with Crippen molar-refractivity contribution in [3.63, 3.8) is 0 Å². The second-order valence-electron chi connectivity index (χ2n) is 7.89. The number of rotatable bonds is 6. The number of hydrogen-bond acceptors (Lipinski definition) is 3. The van der Waals surface area contributed by atoms with Crippen LogP contribution in [0, 0.1) is 0 Å². The molecule has 0 unspecified atom stereocenters. The van der Waals surface area contributed by atoms with Gasteiger partial charge in [0.05, 0.1) is 18.0 Å². The number of aliphatic carboxylic acids is 1. The summed E-state index contributed by atoms with van der Waals surface area (Å²) in [6.45, 7) is -0.00800. The molecule has 1 atom stereocenters. The first kappa shape index (κ1) is 23.8. The number of amides is 1. The minimum absolute atomic E-state index is 0.00222. The van der Waals surface area contributed by atoms with E-state index < -0.39 is 36.3 Å². The molecule has 1 amide bonds. The third-order valence-electron chi connectivity index (χ3n) is 5.66. The molecule has 0 radical (unpaired) electrons. The highest BCUT2D eigenvalue weighted by molar-refractivity contribution is 9.10. The normalized spacial score (nSPS) is 13.6. The highest BCUT2D eigenvalue weighted by Gasteiger charge is 2.33. The molecular formula is C25H19BrF3NO4. The van der Waals surface area contributed by atoms with Gasteiger partial charge in [-0.05, 0) is 46.0 Å². The van der Waals surface area contributed by atoms with E-state index in [1.165, 1.54) is 6.07 Å². The van der Waals surface area contributed by atoms with Crippen LogP contribution in [0.15, 0.2) is 71.2 Å². The molecule has 0 saturated carbocycles. The molecule has 0 spiro atoms. The fourth-order valence-electron chi connectivity index (χ4n) is 4.19. The maximum Gasteiger partial charge on any atom is 0.416 e. The summed E-state index contributed by atoms with van der Waals surface area (Å²) in [6, 6.07) is 17.4. The van der Waals surface area contributed by atoms with Crippen molar-refractivity contribution in [1.82, 2.24) is 5.32 Å². The number of carboxylic acids is 1. The minimum atomic E-state index is -4.63. The predicted molar refractivity (Wildman–Crippen MR) is 122 cm³/mol. The molecule has 34 heavy (non-hydrogen) atoms. The van der Waals surface area contributed by atoms with E-state index in [-0.39, 0.29) is 22.6 Å². The second kappa shape index (κ2) is 9.50. The topological polar surface area (TPSA) is 75.6 Å². The number of carbonyl (C=O) groups is 2. The van der Waals surface area contributed by atoms with Gasteiger partial charge in [0.15, 0.2) is 0 Å². The summed E-state index contributed by atoms with van der Waals surface area (Å²) in [5.74, 6) is -1.49. The van der Waals surface area contributed by atoms with E-state index in [1.807, 2.05) is 48.5 Å². The highest BCUT2D eigenvalue weighted by atomic mass is 79.9. The van der Waals surface area contributed by atoms with Gasteiger partial charge in [-0.25, -0.2) is 4.79 Å². The van der Waals surface area contributed by atoms with Crippen molar-refractivity contribution in [2.45, 2.75) is 24.6 Å². The summed E-state index contributed by atoms with van der Waals surface area (Å²) in [7, 11) is 0. The van der Waals surface area contributed by atoms with Crippen molar-refractivity contribution < 1.29 is 32.6 Å². The zero-order chi connectivity index (χ0) is 24.5. The molecule has 3 aromatic carbocycles. The maximum absolute atomic E-state index is 13.2. The average molecular weight is 534 g/mol. The number of alkyl carbamates (subject to hydrolysis) is 1. The Balaban J connectivity index is 1.52. The number of ether oxygens (including phenoxy) is 1. The molecule has 9 heteroatoms. The molecule has 1 aliphatic carbocycles. The predicted octanol–water partition coefficient (Wildman–Crippen LogP) is 6.52. The molecule has 1 aliphatic rings. The van der Waals surface area contributed by atoms with Crippen molar-refractivity contribution in [2.75, 3.05) is 6.61 Å². The lowest BCUT2D eigenvalue weighted by atomic mass is 9.98. The molecule has 3 aromatic rings. The largest absolute Gasteiger partial charge is 0.481 e. The van der Waals surface area contributed by atoms with Gasteiger partial charge in [-0.15, -0.1) is 0 Å². The van der Waals surface area contributed by atoms with Crippen LogP contribution in [-0.2, 0) is 15.7 Å². The van der Waals surface area contributed by atoms with Gasteiger partial charge in [0, 0.05) is 10.4 Å². The van der Waals surface area contributed by atoms with Gasteiger partial charge < -0.3 is 15.2 Å². The number of carboxylic acid groups (broad SMARTS) is 1. The molecule has 0 fully saturated rings. The molecule has 2 N–H and O–H groups in total. The Morgan fingerprint density at radius 2 is 1.59 bits per heavy atom. The van der Waals surface area contributed by atoms with E-state index in [1.54, 1.807) is 0 Å². The molecule has 0 heterocycles. The lowest BCUT2D eigenvalue weighted by molar-refractivity contribution is -0.138. The van der Waals surface area contributed by atoms with Crippen LogP contribution in [0.2, 0.25) is 0 Å². The van der Waals surface area contributed by atoms with Crippen molar-refractivity contribution in [3.8, 4) is 11.1 Å². The van der Waals surface area contributed by atoms with Crippen LogP contribution >= 0.6 is 15.9 Å². The van der Waals surface area contributed by atoms with E-state index in [0.717, 1.165) is 34.4 Å². The SMILES string of the molecule is O=C(O)C[C@@H](NC(=O)OCC1c2ccccc2-c2ccccc21)c1cc(Br)cc(C(F)(F)F)c1. The monoisotopic (exact) mass is 533 g/mol. The van der Waals surface area contributed by atoms with Gasteiger partial charge in [0.1, 0.15) is 6.61 Å². The Kier molecular flexibility index (Phi) is 6.65. The number of nitrogens with one attached hydrogen (secondary N) is 1. The molecule has 0 aromatic heterocycles. The van der Waals surface area contributed by atoms with E-state index in [0.29, 0.717) is 0 Å². The van der Waals surface area contributed by atoms with Crippen LogP contribution < -0.4 is 5.32 Å². The summed E-state index contributed by atoms with van der Waals surface area (Å²) in [6.07, 6.45) is -6.16. The average Bonchev–Trinajstić information content (AvgIpc) is 3.10. The number of alkyl halides is 3. The van der Waals surface area contributed by atoms with Crippen LogP contribution in [0.25, 0.3) is 11.1 Å². The molecule has 0 saturated heterocycles. The standard InChI is InChI=1S/C25H19BrF3NO4/c26-16-10-14(9-15(11-16)25(27,28)29)22(12-23(31)32)30-24(33)34-13-21-19-7-3-1-5-17(19)18-6-2-4-8-20(18)21/h1-11,21-22H,12-13H2,(H,30,33)(H,31,32)/t22-/m1/s1. The van der Waals surface area contributed by atoms with Crippen LogP contribution in [-0.4, -0.2) is 23.8 Å². The third kappa shape index (κ3) is 5.09. The van der Waals surface area contributed by atoms with Crippen molar-refractivity contribution in [3.05, 3.63) is 93.5 Å². The molecule has 176 valence electrons. The van der Waals surface area contributed by atoms with Gasteiger partial charge in [0.25, 0.3) is 0 Å². The smallest absolute Gasteiger partial charge is 0.416 e. The molecule has 0 bridgehead atoms. The van der Waals surface area contributed by atoms with Crippen molar-refractivity contribution in [2.24, 2.45) is 0 Å². The van der Waals surface area contributed by atoms with Crippen LogP contribution in [0.5, 0.6) is 0 Å². The summed E-state index contributed by atoms with van der Waals surface area (Å²) in [5, 5.41) is 11.7. The fourth-order valence-corrected chi connectivity index (χ4v) is 4.70. The minimum Gasteiger partial charge on any atom is -0.481 e. The molecular weight excluding hydrogens is 515 g/mol. The summed E-state index contributed by atoms with van der Waals surface area (Å²) in [4.78, 5) is 23.9. The molecule has 5 nitrogen and oxygen atoms in total. The first-order chi connectivity index (χ1) is 16.1.